The number of benzene rings is 6. The number of anilines is 4. The maximum atomic E-state index is 6.16. The minimum absolute atomic E-state index is 0.458. The van der Waals surface area contributed by atoms with E-state index in [0.717, 1.165) is 67.3 Å². The lowest BCUT2D eigenvalue weighted by atomic mass is 9.85. The van der Waals surface area contributed by atoms with Crippen LogP contribution in [0.25, 0.3) is 33.4 Å². The van der Waals surface area contributed by atoms with E-state index >= 15 is 0 Å². The van der Waals surface area contributed by atoms with Crippen molar-refractivity contribution in [3.8, 4) is 33.4 Å². The van der Waals surface area contributed by atoms with Gasteiger partial charge in [-0.05, 0) is 93.5 Å². The molecule has 6 aromatic rings. The number of nitrogens with two attached hydrogens (primary N) is 3. The second-order valence-electron chi connectivity index (χ2n) is 10.3. The van der Waals surface area contributed by atoms with Gasteiger partial charge in [0.05, 0.1) is 5.69 Å². The van der Waals surface area contributed by atoms with E-state index in [1.807, 2.05) is 24.3 Å². The van der Waals surface area contributed by atoms with Crippen LogP contribution in [0.4, 0.5) is 22.7 Å². The number of nitrogens with zero attached hydrogens (tertiary/aromatic N) is 1. The fourth-order valence-electron chi connectivity index (χ4n) is 5.56. The Morgan fingerprint density at radius 3 is 1.50 bits per heavy atom. The van der Waals surface area contributed by atoms with Crippen molar-refractivity contribution in [2.45, 2.75) is 13.1 Å². The third-order valence-electron chi connectivity index (χ3n) is 7.58. The van der Waals surface area contributed by atoms with Crippen LogP contribution in [0.2, 0.25) is 0 Å². The van der Waals surface area contributed by atoms with Crippen LogP contribution in [0.15, 0.2) is 146 Å². The Kier molecular flexibility index (Phi) is 7.82. The molecule has 0 spiro atoms. The summed E-state index contributed by atoms with van der Waals surface area (Å²) >= 11 is 0. The van der Waals surface area contributed by atoms with Gasteiger partial charge in [0.25, 0.3) is 0 Å². The molecule has 0 aromatic heterocycles. The smallest absolute Gasteiger partial charge is 0.0546 e. The Morgan fingerprint density at radius 1 is 0.452 bits per heavy atom. The lowest BCUT2D eigenvalue weighted by Gasteiger charge is -2.30. The molecule has 0 aliphatic carbocycles. The molecule has 0 heterocycles. The molecule has 0 saturated carbocycles. The van der Waals surface area contributed by atoms with E-state index in [9.17, 15) is 0 Å². The van der Waals surface area contributed by atoms with E-state index in [0.29, 0.717) is 13.1 Å². The Labute approximate surface area is 247 Å². The van der Waals surface area contributed by atoms with Gasteiger partial charge in [-0.3, -0.25) is 0 Å². The standard InChI is InChI=1S/C38H34N4/c39-25-27-9-7-11-30(23-27)37-35(29-17-19-32(41)20-18-29)21-22-36(38(37)31-12-8-10-28(24-31)26-40)42(33-13-3-1-4-14-33)34-15-5-2-6-16-34/h1-24H,25-26,39-41H2. The third kappa shape index (κ3) is 5.41. The summed E-state index contributed by atoms with van der Waals surface area (Å²) in [4.78, 5) is 2.33. The van der Waals surface area contributed by atoms with Gasteiger partial charge in [-0.2, -0.15) is 0 Å². The maximum Gasteiger partial charge on any atom is 0.0546 e. The molecular formula is C38H34N4. The van der Waals surface area contributed by atoms with Gasteiger partial charge in [0.1, 0.15) is 0 Å². The summed E-state index contributed by atoms with van der Waals surface area (Å²) in [5.74, 6) is 0. The van der Waals surface area contributed by atoms with Gasteiger partial charge in [0.15, 0.2) is 0 Å². The predicted octanol–water partition coefficient (Wildman–Crippen LogP) is 8.66. The summed E-state index contributed by atoms with van der Waals surface area (Å²) < 4.78 is 0. The predicted molar refractivity (Wildman–Crippen MR) is 178 cm³/mol. The summed E-state index contributed by atoms with van der Waals surface area (Å²) in [5, 5.41) is 0. The highest BCUT2D eigenvalue weighted by Gasteiger charge is 2.24. The molecule has 0 unspecified atom stereocenters. The molecule has 6 aromatic carbocycles. The van der Waals surface area contributed by atoms with Crippen LogP contribution in [-0.4, -0.2) is 0 Å². The number of hydrogen-bond acceptors (Lipinski definition) is 4. The lowest BCUT2D eigenvalue weighted by molar-refractivity contribution is 1.07. The second-order valence-corrected chi connectivity index (χ2v) is 10.3. The largest absolute Gasteiger partial charge is 0.399 e. The van der Waals surface area contributed by atoms with Crippen LogP contribution >= 0.6 is 0 Å². The molecule has 0 amide bonds. The van der Waals surface area contributed by atoms with Crippen molar-refractivity contribution >= 4 is 22.7 Å². The zero-order valence-corrected chi connectivity index (χ0v) is 23.4. The van der Waals surface area contributed by atoms with Crippen molar-refractivity contribution in [1.29, 1.82) is 0 Å². The summed E-state index contributed by atoms with van der Waals surface area (Å²) in [5.41, 5.74) is 31.1. The van der Waals surface area contributed by atoms with Crippen LogP contribution in [0.5, 0.6) is 0 Å². The van der Waals surface area contributed by atoms with E-state index in [2.05, 4.69) is 126 Å². The van der Waals surface area contributed by atoms with Gasteiger partial charge in [-0.25, -0.2) is 0 Å². The van der Waals surface area contributed by atoms with Gasteiger partial charge in [0, 0.05) is 35.7 Å². The highest BCUT2D eigenvalue weighted by atomic mass is 15.1. The van der Waals surface area contributed by atoms with E-state index in [-0.39, 0.29) is 0 Å². The van der Waals surface area contributed by atoms with Crippen molar-refractivity contribution in [2.24, 2.45) is 11.5 Å². The van der Waals surface area contributed by atoms with Crippen LogP contribution in [0.1, 0.15) is 11.1 Å². The van der Waals surface area contributed by atoms with Gasteiger partial charge in [-0.1, -0.05) is 91.0 Å². The monoisotopic (exact) mass is 546 g/mol. The highest BCUT2D eigenvalue weighted by molar-refractivity contribution is 6.03. The first-order valence-electron chi connectivity index (χ1n) is 14.2. The molecular weight excluding hydrogens is 512 g/mol. The van der Waals surface area contributed by atoms with Crippen molar-refractivity contribution in [3.63, 3.8) is 0 Å². The Hall–Kier alpha value is -5.16. The molecule has 0 saturated heterocycles. The molecule has 6 N–H and O–H groups in total. The average molecular weight is 547 g/mol. The SMILES string of the molecule is NCc1cccc(-c2c(-c3ccc(N)cc3)ccc(N(c3ccccc3)c3ccccc3)c2-c2cccc(CN)c2)c1. The first-order chi connectivity index (χ1) is 20.7. The van der Waals surface area contributed by atoms with Crippen molar-refractivity contribution in [3.05, 3.63) is 157 Å². The quantitative estimate of drug-likeness (QED) is 0.167. The summed E-state index contributed by atoms with van der Waals surface area (Å²) in [6.45, 7) is 0.919. The fraction of sp³-hybridized carbons (Fsp3) is 0.0526. The summed E-state index contributed by atoms with van der Waals surface area (Å²) in [6.07, 6.45) is 0. The molecule has 6 rings (SSSR count). The Morgan fingerprint density at radius 2 is 0.976 bits per heavy atom. The minimum atomic E-state index is 0.458. The topological polar surface area (TPSA) is 81.3 Å². The van der Waals surface area contributed by atoms with Crippen LogP contribution in [0.3, 0.4) is 0 Å². The lowest BCUT2D eigenvalue weighted by Crippen LogP contribution is -2.12. The molecule has 0 atom stereocenters. The minimum Gasteiger partial charge on any atom is -0.399 e. The van der Waals surface area contributed by atoms with Crippen molar-refractivity contribution in [2.75, 3.05) is 10.6 Å². The molecule has 42 heavy (non-hydrogen) atoms. The normalized spacial score (nSPS) is 10.9. The van der Waals surface area contributed by atoms with Gasteiger partial charge in [0.2, 0.25) is 0 Å². The van der Waals surface area contributed by atoms with Crippen LogP contribution in [0, 0.1) is 0 Å². The summed E-state index contributed by atoms with van der Waals surface area (Å²) in [6, 6.07) is 50.6. The number of rotatable bonds is 8. The van der Waals surface area contributed by atoms with Gasteiger partial charge in [-0.15, -0.1) is 0 Å². The Balaban J connectivity index is 1.76. The van der Waals surface area contributed by atoms with E-state index in [1.54, 1.807) is 0 Å². The van der Waals surface area contributed by atoms with E-state index in [1.165, 1.54) is 0 Å². The molecule has 0 radical (unpaired) electrons. The molecule has 0 aliphatic heterocycles. The van der Waals surface area contributed by atoms with Gasteiger partial charge >= 0.3 is 0 Å². The molecule has 206 valence electrons. The van der Waals surface area contributed by atoms with E-state index < -0.39 is 0 Å². The average Bonchev–Trinajstić information content (AvgIpc) is 3.06. The van der Waals surface area contributed by atoms with Gasteiger partial charge < -0.3 is 22.1 Å². The number of para-hydroxylation sites is 2. The van der Waals surface area contributed by atoms with Crippen LogP contribution < -0.4 is 22.1 Å². The molecule has 0 aliphatic rings. The first-order valence-corrected chi connectivity index (χ1v) is 14.2. The Bertz CT molecular complexity index is 1760. The molecule has 0 fully saturated rings. The van der Waals surface area contributed by atoms with Crippen LogP contribution in [-0.2, 0) is 13.1 Å². The third-order valence-corrected chi connectivity index (χ3v) is 7.58. The maximum absolute atomic E-state index is 6.16. The molecule has 0 bridgehead atoms. The fourth-order valence-corrected chi connectivity index (χ4v) is 5.56. The number of nitrogen functional groups attached to an aromatic ring is 1. The highest BCUT2D eigenvalue weighted by Crippen LogP contribution is 2.49. The summed E-state index contributed by atoms with van der Waals surface area (Å²) in [7, 11) is 0. The first kappa shape index (κ1) is 27.0. The molecule has 4 heteroatoms. The van der Waals surface area contributed by atoms with Crippen molar-refractivity contribution in [1.82, 2.24) is 0 Å². The number of hydrogen-bond donors (Lipinski definition) is 3. The zero-order valence-electron chi connectivity index (χ0n) is 23.4. The molecule has 4 nitrogen and oxygen atoms in total. The van der Waals surface area contributed by atoms with E-state index in [4.69, 9.17) is 17.2 Å². The second kappa shape index (κ2) is 12.1. The van der Waals surface area contributed by atoms with Crippen molar-refractivity contribution < 1.29 is 0 Å². The zero-order chi connectivity index (χ0) is 28.9.